The van der Waals surface area contributed by atoms with Gasteiger partial charge in [0, 0.05) is 0 Å². The topological polar surface area (TPSA) is 35.0 Å². The van der Waals surface area contributed by atoms with Crippen LogP contribution in [0.25, 0.3) is 0 Å². The van der Waals surface area contributed by atoms with E-state index in [4.69, 9.17) is 0 Å². The van der Waals surface area contributed by atoms with Crippen molar-refractivity contribution in [2.45, 2.75) is 20.8 Å². The van der Waals surface area contributed by atoms with Gasteiger partial charge in [-0.05, 0) is 32.9 Å². The Balaban J connectivity index is 0. The van der Waals surface area contributed by atoms with Crippen molar-refractivity contribution in [2.75, 3.05) is 19.6 Å². The lowest BCUT2D eigenvalue weighted by molar-refractivity contribution is 0.316. The van der Waals surface area contributed by atoms with Crippen LogP contribution < -0.4 is 10.6 Å². The van der Waals surface area contributed by atoms with Gasteiger partial charge in [0.1, 0.15) is 5.69 Å². The van der Waals surface area contributed by atoms with Crippen molar-refractivity contribution in [3.8, 4) is 0 Å². The van der Waals surface area contributed by atoms with E-state index in [0.29, 0.717) is 0 Å². The predicted molar refractivity (Wildman–Crippen MR) is 75.2 cm³/mol. The molecule has 15 heavy (non-hydrogen) atoms. The number of rotatable bonds is 4. The molecule has 1 aromatic rings. The summed E-state index contributed by atoms with van der Waals surface area (Å²) in [5, 5.41) is 0. The Bertz CT molecular complexity index is 237. The second-order valence-corrected chi connectivity index (χ2v) is 3.43. The Kier molecular flexibility index (Phi) is 8.92. The number of benzene rings is 1. The summed E-state index contributed by atoms with van der Waals surface area (Å²) in [6.07, 6.45) is 0. The van der Waals surface area contributed by atoms with Crippen LogP contribution in [-0.2, 0) is 0 Å². The summed E-state index contributed by atoms with van der Waals surface area (Å²) in [4.78, 5) is 0. The van der Waals surface area contributed by atoms with E-state index in [1.807, 2.05) is 0 Å². The fourth-order valence-corrected chi connectivity index (χ4v) is 1.96. The van der Waals surface area contributed by atoms with Gasteiger partial charge in [-0.2, -0.15) is 0 Å². The van der Waals surface area contributed by atoms with Crippen LogP contribution in [-0.4, -0.2) is 19.6 Å². The van der Waals surface area contributed by atoms with Gasteiger partial charge in [0.2, 0.25) is 0 Å². The Hall–Kier alpha value is -0.380. The van der Waals surface area contributed by atoms with Crippen molar-refractivity contribution in [3.63, 3.8) is 0 Å². The highest BCUT2D eigenvalue weighted by molar-refractivity contribution is 8.93. The first-order valence-corrected chi connectivity index (χ1v) is 5.20. The minimum atomic E-state index is 0. The molecule has 3 heteroatoms. The van der Waals surface area contributed by atoms with Gasteiger partial charge >= 0.3 is 0 Å². The first-order valence-electron chi connectivity index (χ1n) is 5.20. The number of quaternary nitrogens is 1. The average molecular weight is 276 g/mol. The van der Waals surface area contributed by atoms with E-state index in [2.05, 4.69) is 51.1 Å². The zero-order valence-corrected chi connectivity index (χ0v) is 11.8. The monoisotopic (exact) mass is 275 g/mol. The number of halogens is 1. The molecule has 88 valence electrons. The van der Waals surface area contributed by atoms with E-state index in [1.54, 1.807) is 0 Å². The molecule has 0 aromatic heterocycles. The predicted octanol–water partition coefficient (Wildman–Crippen LogP) is 3.79. The van der Waals surface area contributed by atoms with Gasteiger partial charge in [-0.3, -0.25) is 4.48 Å². The van der Waals surface area contributed by atoms with Crippen LogP contribution in [0.15, 0.2) is 30.3 Å². The maximum atomic E-state index is 2.26. The van der Waals surface area contributed by atoms with Gasteiger partial charge in [-0.15, -0.1) is 17.0 Å². The Morgan fingerprint density at radius 2 is 1.27 bits per heavy atom. The van der Waals surface area contributed by atoms with Crippen molar-refractivity contribution in [1.82, 2.24) is 10.6 Å². The van der Waals surface area contributed by atoms with E-state index in [9.17, 15) is 0 Å². The first-order chi connectivity index (χ1) is 6.29. The summed E-state index contributed by atoms with van der Waals surface area (Å²) in [7, 11) is 0. The average Bonchev–Trinajstić information content (AvgIpc) is 2.23. The van der Waals surface area contributed by atoms with E-state index in [-0.39, 0.29) is 23.1 Å². The van der Waals surface area contributed by atoms with Gasteiger partial charge in [0.25, 0.3) is 0 Å². The van der Waals surface area contributed by atoms with Gasteiger partial charge < -0.3 is 6.15 Å². The lowest BCUT2D eigenvalue weighted by Gasteiger charge is -2.35. The Morgan fingerprint density at radius 3 is 1.60 bits per heavy atom. The van der Waals surface area contributed by atoms with Crippen LogP contribution >= 0.6 is 17.0 Å². The number of nitrogens with zero attached hydrogens (tertiary/aromatic N) is 1. The summed E-state index contributed by atoms with van der Waals surface area (Å²) >= 11 is 0. The zero-order chi connectivity index (χ0) is 9.73. The van der Waals surface area contributed by atoms with Crippen molar-refractivity contribution in [3.05, 3.63) is 30.3 Å². The van der Waals surface area contributed by atoms with Gasteiger partial charge in [-0.1, -0.05) is 18.2 Å². The molecular formula is C12H24BrN2+. The van der Waals surface area contributed by atoms with E-state index < -0.39 is 0 Å². The highest BCUT2D eigenvalue weighted by atomic mass is 79.9. The van der Waals surface area contributed by atoms with Crippen molar-refractivity contribution in [1.29, 1.82) is 0 Å². The summed E-state index contributed by atoms with van der Waals surface area (Å²) < 4.78 is 1.10. The molecule has 0 saturated heterocycles. The Morgan fingerprint density at radius 1 is 0.867 bits per heavy atom. The molecule has 0 atom stereocenters. The van der Waals surface area contributed by atoms with Gasteiger partial charge in [0.05, 0.1) is 19.6 Å². The molecule has 0 fully saturated rings. The van der Waals surface area contributed by atoms with E-state index in [1.165, 1.54) is 25.3 Å². The molecule has 0 saturated carbocycles. The fraction of sp³-hybridized carbons (Fsp3) is 0.500. The lowest BCUT2D eigenvalue weighted by atomic mass is 10.2. The maximum Gasteiger partial charge on any atom is 0.132 e. The molecule has 0 heterocycles. The number of hydrogen-bond acceptors (Lipinski definition) is 1. The fourth-order valence-electron chi connectivity index (χ4n) is 1.96. The molecule has 0 amide bonds. The third-order valence-corrected chi connectivity index (χ3v) is 3.12. The standard InChI is InChI=1S/C12H20N.BrH.H3N/c1-4-13(5-2,6-3)12-10-8-7-9-11-12;;/h7-11H,4-6H2,1-3H3;1H;1H3/q+1;;. The molecule has 0 aliphatic heterocycles. The maximum absolute atomic E-state index is 2.26. The normalized spacial score (nSPS) is 10.1. The minimum absolute atomic E-state index is 0. The van der Waals surface area contributed by atoms with Crippen molar-refractivity contribution < 1.29 is 0 Å². The summed E-state index contributed by atoms with van der Waals surface area (Å²) in [6, 6.07) is 10.8. The molecule has 0 unspecified atom stereocenters. The van der Waals surface area contributed by atoms with Gasteiger partial charge in [0.15, 0.2) is 0 Å². The van der Waals surface area contributed by atoms with Crippen LogP contribution in [0.5, 0.6) is 0 Å². The molecule has 2 nitrogen and oxygen atoms in total. The van der Waals surface area contributed by atoms with Crippen LogP contribution in [0.4, 0.5) is 5.69 Å². The zero-order valence-electron chi connectivity index (χ0n) is 10.1. The highest BCUT2D eigenvalue weighted by Gasteiger charge is 2.23. The van der Waals surface area contributed by atoms with Crippen LogP contribution in [0.3, 0.4) is 0 Å². The quantitative estimate of drug-likeness (QED) is 0.834. The lowest BCUT2D eigenvalue weighted by Crippen LogP contribution is -2.48. The molecule has 0 bridgehead atoms. The molecular weight excluding hydrogens is 252 g/mol. The molecule has 0 spiro atoms. The van der Waals surface area contributed by atoms with E-state index >= 15 is 0 Å². The summed E-state index contributed by atoms with van der Waals surface area (Å²) in [5.41, 5.74) is 1.44. The van der Waals surface area contributed by atoms with Crippen LogP contribution in [0.2, 0.25) is 0 Å². The number of para-hydroxylation sites is 1. The van der Waals surface area contributed by atoms with Crippen molar-refractivity contribution in [2.24, 2.45) is 0 Å². The van der Waals surface area contributed by atoms with E-state index in [0.717, 1.165) is 4.48 Å². The Labute approximate surface area is 104 Å². The summed E-state index contributed by atoms with van der Waals surface area (Å²) in [6.45, 7) is 10.3. The second-order valence-electron chi connectivity index (χ2n) is 3.43. The molecule has 0 radical (unpaired) electrons. The SMILES string of the molecule is Br.CC[N+](CC)(CC)c1ccccc1.N. The highest BCUT2D eigenvalue weighted by Crippen LogP contribution is 2.21. The summed E-state index contributed by atoms with van der Waals surface area (Å²) in [5.74, 6) is 0. The molecule has 1 aromatic carbocycles. The van der Waals surface area contributed by atoms with Crippen molar-refractivity contribution >= 4 is 22.7 Å². The van der Waals surface area contributed by atoms with Crippen LogP contribution in [0, 0.1) is 0 Å². The van der Waals surface area contributed by atoms with Gasteiger partial charge in [-0.25, -0.2) is 0 Å². The third-order valence-electron chi connectivity index (χ3n) is 3.12. The molecule has 0 aliphatic rings. The number of hydrogen-bond donors (Lipinski definition) is 1. The molecule has 1 rings (SSSR count). The van der Waals surface area contributed by atoms with Crippen LogP contribution in [0.1, 0.15) is 20.8 Å². The largest absolute Gasteiger partial charge is 0.344 e. The molecule has 0 aliphatic carbocycles. The minimum Gasteiger partial charge on any atom is -0.344 e. The molecule has 3 N–H and O–H groups in total. The first kappa shape index (κ1) is 17.0. The second kappa shape index (κ2) is 7.85. The smallest absolute Gasteiger partial charge is 0.132 e. The third kappa shape index (κ3) is 3.59.